The number of esters is 1. The number of hydrogen-bond donors (Lipinski definition) is 1. The molecule has 1 aromatic carbocycles. The molecule has 1 amide bonds. The van der Waals surface area contributed by atoms with Crippen LogP contribution in [0.5, 0.6) is 5.75 Å². The Kier molecular flexibility index (Phi) is 5.83. The van der Waals surface area contributed by atoms with Crippen LogP contribution in [0.2, 0.25) is 0 Å². The highest BCUT2D eigenvalue weighted by atomic mass is 16.5. The second kappa shape index (κ2) is 7.37. The van der Waals surface area contributed by atoms with E-state index in [9.17, 15) is 9.59 Å². The standard InChI is InChI=1S/C14H20N2O4/c1-4-16(9-13(17)20-5-2)14(18)11-8-10(19-3)6-7-12(11)15/h6-8H,4-5,9,15H2,1-3H3. The van der Waals surface area contributed by atoms with Crippen molar-refractivity contribution in [2.45, 2.75) is 13.8 Å². The first-order valence-electron chi connectivity index (χ1n) is 6.41. The van der Waals surface area contributed by atoms with Gasteiger partial charge in [-0.1, -0.05) is 0 Å². The molecule has 0 atom stereocenters. The zero-order valence-corrected chi connectivity index (χ0v) is 12.0. The number of ether oxygens (including phenoxy) is 2. The van der Waals surface area contributed by atoms with E-state index < -0.39 is 5.97 Å². The predicted octanol–water partition coefficient (Wildman–Crippen LogP) is 1.30. The van der Waals surface area contributed by atoms with Gasteiger partial charge in [0.1, 0.15) is 12.3 Å². The monoisotopic (exact) mass is 280 g/mol. The van der Waals surface area contributed by atoms with Crippen molar-refractivity contribution < 1.29 is 19.1 Å². The fourth-order valence-corrected chi connectivity index (χ4v) is 1.71. The molecule has 0 saturated carbocycles. The van der Waals surface area contributed by atoms with Crippen molar-refractivity contribution in [1.82, 2.24) is 4.90 Å². The topological polar surface area (TPSA) is 81.9 Å². The Hall–Kier alpha value is -2.24. The van der Waals surface area contributed by atoms with Crippen LogP contribution in [0.15, 0.2) is 18.2 Å². The summed E-state index contributed by atoms with van der Waals surface area (Å²) in [5.41, 5.74) is 6.47. The van der Waals surface area contributed by atoms with Gasteiger partial charge in [-0.05, 0) is 32.0 Å². The Morgan fingerprint density at radius 2 is 2.00 bits per heavy atom. The van der Waals surface area contributed by atoms with Crippen LogP contribution >= 0.6 is 0 Å². The Labute approximate surface area is 118 Å². The normalized spacial score (nSPS) is 9.95. The largest absolute Gasteiger partial charge is 0.497 e. The molecule has 0 spiro atoms. The number of anilines is 1. The van der Waals surface area contributed by atoms with Gasteiger partial charge in [-0.15, -0.1) is 0 Å². The van der Waals surface area contributed by atoms with Gasteiger partial charge in [-0.3, -0.25) is 9.59 Å². The van der Waals surface area contributed by atoms with Crippen LogP contribution in [0.3, 0.4) is 0 Å². The zero-order chi connectivity index (χ0) is 15.1. The van der Waals surface area contributed by atoms with Crippen LogP contribution in [0, 0.1) is 0 Å². The van der Waals surface area contributed by atoms with E-state index in [4.69, 9.17) is 15.2 Å². The van der Waals surface area contributed by atoms with Crippen LogP contribution in [-0.2, 0) is 9.53 Å². The van der Waals surface area contributed by atoms with E-state index in [1.54, 1.807) is 32.0 Å². The highest BCUT2D eigenvalue weighted by Gasteiger charge is 2.20. The number of hydrogen-bond acceptors (Lipinski definition) is 5. The zero-order valence-electron chi connectivity index (χ0n) is 12.0. The van der Waals surface area contributed by atoms with Gasteiger partial charge < -0.3 is 20.1 Å². The van der Waals surface area contributed by atoms with Crippen molar-refractivity contribution >= 4 is 17.6 Å². The average Bonchev–Trinajstić information content (AvgIpc) is 2.45. The lowest BCUT2D eigenvalue weighted by atomic mass is 10.1. The maximum absolute atomic E-state index is 12.4. The molecule has 6 nitrogen and oxygen atoms in total. The Balaban J connectivity index is 2.93. The molecule has 110 valence electrons. The lowest BCUT2D eigenvalue weighted by Crippen LogP contribution is -2.36. The van der Waals surface area contributed by atoms with Gasteiger partial charge in [0.15, 0.2) is 0 Å². The first kappa shape index (κ1) is 15.8. The summed E-state index contributed by atoms with van der Waals surface area (Å²) >= 11 is 0. The lowest BCUT2D eigenvalue weighted by Gasteiger charge is -2.20. The second-order valence-electron chi connectivity index (χ2n) is 4.08. The summed E-state index contributed by atoms with van der Waals surface area (Å²) in [5.74, 6) is -0.226. The number of nitrogens with zero attached hydrogens (tertiary/aromatic N) is 1. The van der Waals surface area contributed by atoms with Crippen LogP contribution in [0.1, 0.15) is 24.2 Å². The van der Waals surface area contributed by atoms with Gasteiger partial charge in [-0.2, -0.15) is 0 Å². The number of likely N-dealkylation sites (N-methyl/N-ethyl adjacent to an activating group) is 1. The van der Waals surface area contributed by atoms with Gasteiger partial charge in [0.05, 0.1) is 19.3 Å². The summed E-state index contributed by atoms with van der Waals surface area (Å²) < 4.78 is 9.92. The van der Waals surface area contributed by atoms with Crippen molar-refractivity contribution in [3.8, 4) is 5.75 Å². The van der Waals surface area contributed by atoms with Crippen molar-refractivity contribution in [2.24, 2.45) is 0 Å². The summed E-state index contributed by atoms with van der Waals surface area (Å²) in [7, 11) is 1.51. The summed E-state index contributed by atoms with van der Waals surface area (Å²) in [6.45, 7) is 4.07. The molecule has 0 saturated heterocycles. The van der Waals surface area contributed by atoms with E-state index >= 15 is 0 Å². The molecule has 1 aromatic rings. The average molecular weight is 280 g/mol. The van der Waals surface area contributed by atoms with E-state index in [0.717, 1.165) is 0 Å². The van der Waals surface area contributed by atoms with Gasteiger partial charge in [0.2, 0.25) is 0 Å². The third-order valence-electron chi connectivity index (χ3n) is 2.79. The van der Waals surface area contributed by atoms with Crippen molar-refractivity contribution in [3.05, 3.63) is 23.8 Å². The number of rotatable bonds is 6. The molecule has 20 heavy (non-hydrogen) atoms. The molecule has 2 N–H and O–H groups in total. The molecule has 0 unspecified atom stereocenters. The molecule has 0 heterocycles. The van der Waals surface area contributed by atoms with Crippen molar-refractivity contribution in [1.29, 1.82) is 0 Å². The van der Waals surface area contributed by atoms with E-state index in [0.29, 0.717) is 23.5 Å². The molecule has 0 radical (unpaired) electrons. The molecule has 0 aromatic heterocycles. The third-order valence-corrected chi connectivity index (χ3v) is 2.79. The Morgan fingerprint density at radius 1 is 1.30 bits per heavy atom. The number of benzene rings is 1. The number of carbonyl (C=O) groups is 2. The Bertz CT molecular complexity index is 488. The number of carbonyl (C=O) groups excluding carboxylic acids is 2. The van der Waals surface area contributed by atoms with Crippen LogP contribution in [-0.4, -0.2) is 43.6 Å². The van der Waals surface area contributed by atoms with Crippen LogP contribution in [0.25, 0.3) is 0 Å². The SMILES string of the molecule is CCOC(=O)CN(CC)C(=O)c1cc(OC)ccc1N. The smallest absolute Gasteiger partial charge is 0.325 e. The van der Waals surface area contributed by atoms with Crippen LogP contribution in [0.4, 0.5) is 5.69 Å². The van der Waals surface area contributed by atoms with E-state index in [1.165, 1.54) is 12.0 Å². The summed E-state index contributed by atoms with van der Waals surface area (Å²) in [4.78, 5) is 25.2. The number of methoxy groups -OCH3 is 1. The van der Waals surface area contributed by atoms with E-state index in [1.807, 2.05) is 0 Å². The van der Waals surface area contributed by atoms with Gasteiger partial charge >= 0.3 is 5.97 Å². The third kappa shape index (κ3) is 3.88. The summed E-state index contributed by atoms with van der Waals surface area (Å²) in [5, 5.41) is 0. The van der Waals surface area contributed by atoms with E-state index in [-0.39, 0.29) is 19.1 Å². The van der Waals surface area contributed by atoms with Crippen molar-refractivity contribution in [2.75, 3.05) is 32.5 Å². The number of nitrogen functional groups attached to an aromatic ring is 1. The highest BCUT2D eigenvalue weighted by Crippen LogP contribution is 2.21. The summed E-state index contributed by atoms with van der Waals surface area (Å²) in [6, 6.07) is 4.84. The van der Waals surface area contributed by atoms with Crippen molar-refractivity contribution in [3.63, 3.8) is 0 Å². The molecule has 0 aliphatic carbocycles. The van der Waals surface area contributed by atoms with Crippen LogP contribution < -0.4 is 10.5 Å². The minimum absolute atomic E-state index is 0.0974. The van der Waals surface area contributed by atoms with Gasteiger partial charge in [0, 0.05) is 12.2 Å². The highest BCUT2D eigenvalue weighted by molar-refractivity contribution is 6.00. The first-order chi connectivity index (χ1) is 9.53. The van der Waals surface area contributed by atoms with E-state index in [2.05, 4.69) is 0 Å². The number of nitrogens with two attached hydrogens (primary N) is 1. The molecule has 0 aliphatic rings. The predicted molar refractivity (Wildman–Crippen MR) is 75.6 cm³/mol. The minimum Gasteiger partial charge on any atom is -0.497 e. The minimum atomic E-state index is -0.441. The Morgan fingerprint density at radius 3 is 2.55 bits per heavy atom. The second-order valence-corrected chi connectivity index (χ2v) is 4.08. The lowest BCUT2D eigenvalue weighted by molar-refractivity contribution is -0.143. The molecule has 0 bridgehead atoms. The summed E-state index contributed by atoms with van der Waals surface area (Å²) in [6.07, 6.45) is 0. The molecule has 1 rings (SSSR count). The molecule has 0 fully saturated rings. The quantitative estimate of drug-likeness (QED) is 0.627. The maximum atomic E-state index is 12.4. The molecular weight excluding hydrogens is 260 g/mol. The molecule has 6 heteroatoms. The van der Waals surface area contributed by atoms with Gasteiger partial charge in [0.25, 0.3) is 5.91 Å². The van der Waals surface area contributed by atoms with Gasteiger partial charge in [-0.25, -0.2) is 0 Å². The first-order valence-corrected chi connectivity index (χ1v) is 6.41. The molecule has 0 aliphatic heterocycles. The molecular formula is C14H20N2O4. The fourth-order valence-electron chi connectivity index (χ4n) is 1.71. The fraction of sp³-hybridized carbons (Fsp3) is 0.429. The maximum Gasteiger partial charge on any atom is 0.325 e. The number of amides is 1.